The van der Waals surface area contributed by atoms with Crippen LogP contribution in [0.2, 0.25) is 0 Å². The fourth-order valence-electron chi connectivity index (χ4n) is 4.12. The first-order chi connectivity index (χ1) is 13.8. The van der Waals surface area contributed by atoms with E-state index in [9.17, 15) is 4.79 Å². The van der Waals surface area contributed by atoms with Crippen LogP contribution in [-0.2, 0) is 11.3 Å². The molecular weight excluding hydrogens is 374 g/mol. The number of aromatic nitrogens is 3. The summed E-state index contributed by atoms with van der Waals surface area (Å²) in [4.78, 5) is 14.8. The molecule has 2 aromatic rings. The minimum atomic E-state index is 0.115. The van der Waals surface area contributed by atoms with E-state index in [-0.39, 0.29) is 5.91 Å². The molecule has 3 aliphatic rings. The monoisotopic (exact) mass is 401 g/mol. The number of hydrogen-bond donors (Lipinski definition) is 1. The third-order valence-corrected chi connectivity index (χ3v) is 6.87. The Labute approximate surface area is 169 Å². The van der Waals surface area contributed by atoms with Crippen LogP contribution >= 0.6 is 11.8 Å². The minimum absolute atomic E-state index is 0.115. The zero-order valence-electron chi connectivity index (χ0n) is 16.0. The molecule has 1 saturated heterocycles. The van der Waals surface area contributed by atoms with Gasteiger partial charge in [0, 0.05) is 19.1 Å². The molecule has 2 saturated carbocycles. The highest BCUT2D eigenvalue weighted by Gasteiger charge is 2.42. The standard InChI is InChI=1S/C20H27N5O2S/c26-17(21-18(14-5-6-14)15-7-8-15)13-28-20-23-22-19(24-9-1-2-10-24)25(20)12-16-4-3-11-27-16/h3-4,11,14-15,18H,1-2,5-10,12-13H2,(H,21,26). The van der Waals surface area contributed by atoms with Gasteiger partial charge in [-0.1, -0.05) is 11.8 Å². The van der Waals surface area contributed by atoms with Gasteiger partial charge in [0.1, 0.15) is 5.76 Å². The van der Waals surface area contributed by atoms with Crippen molar-refractivity contribution in [1.82, 2.24) is 20.1 Å². The summed E-state index contributed by atoms with van der Waals surface area (Å²) < 4.78 is 7.63. The van der Waals surface area contributed by atoms with E-state index >= 15 is 0 Å². The number of nitrogens with zero attached hydrogens (tertiary/aromatic N) is 4. The largest absolute Gasteiger partial charge is 0.467 e. The highest BCUT2D eigenvalue weighted by molar-refractivity contribution is 7.99. The number of furan rings is 1. The molecule has 2 aliphatic carbocycles. The highest BCUT2D eigenvalue weighted by Crippen LogP contribution is 2.44. The van der Waals surface area contributed by atoms with Crippen molar-refractivity contribution >= 4 is 23.6 Å². The summed E-state index contributed by atoms with van der Waals surface area (Å²) in [7, 11) is 0. The van der Waals surface area contributed by atoms with E-state index in [1.807, 2.05) is 12.1 Å². The van der Waals surface area contributed by atoms with Crippen molar-refractivity contribution in [2.45, 2.75) is 56.3 Å². The van der Waals surface area contributed by atoms with Crippen molar-refractivity contribution in [2.24, 2.45) is 11.8 Å². The van der Waals surface area contributed by atoms with E-state index in [0.717, 1.165) is 30.0 Å². The molecule has 1 N–H and O–H groups in total. The molecule has 3 heterocycles. The predicted octanol–water partition coefficient (Wildman–Crippen LogP) is 2.92. The number of carbonyl (C=O) groups excluding carboxylic acids is 1. The van der Waals surface area contributed by atoms with E-state index in [1.54, 1.807) is 6.26 Å². The molecule has 0 spiro atoms. The molecular formula is C20H27N5O2S. The summed E-state index contributed by atoms with van der Waals surface area (Å²) in [5, 5.41) is 12.9. The first kappa shape index (κ1) is 18.1. The summed E-state index contributed by atoms with van der Waals surface area (Å²) in [6.45, 7) is 2.60. The fraction of sp³-hybridized carbons (Fsp3) is 0.650. The molecule has 1 amide bonds. The van der Waals surface area contributed by atoms with Crippen LogP contribution in [0.25, 0.3) is 0 Å². The van der Waals surface area contributed by atoms with E-state index < -0.39 is 0 Å². The Bertz CT molecular complexity index is 795. The van der Waals surface area contributed by atoms with Gasteiger partial charge < -0.3 is 14.6 Å². The molecule has 0 unspecified atom stereocenters. The lowest BCUT2D eigenvalue weighted by atomic mass is 10.1. The van der Waals surface area contributed by atoms with Crippen LogP contribution in [0.1, 0.15) is 44.3 Å². The second kappa shape index (κ2) is 7.81. The van der Waals surface area contributed by atoms with Gasteiger partial charge in [-0.05, 0) is 62.5 Å². The van der Waals surface area contributed by atoms with Crippen molar-refractivity contribution in [3.63, 3.8) is 0 Å². The van der Waals surface area contributed by atoms with Gasteiger partial charge in [-0.15, -0.1) is 10.2 Å². The Morgan fingerprint density at radius 2 is 1.96 bits per heavy atom. The van der Waals surface area contributed by atoms with E-state index in [0.29, 0.717) is 30.2 Å². The van der Waals surface area contributed by atoms with E-state index in [1.165, 1.54) is 50.3 Å². The molecule has 0 radical (unpaired) electrons. The van der Waals surface area contributed by atoms with Crippen LogP contribution in [0.15, 0.2) is 28.0 Å². The van der Waals surface area contributed by atoms with Crippen LogP contribution < -0.4 is 10.2 Å². The number of rotatable bonds is 9. The first-order valence-electron chi connectivity index (χ1n) is 10.4. The quantitative estimate of drug-likeness (QED) is 0.651. The topological polar surface area (TPSA) is 76.2 Å². The van der Waals surface area contributed by atoms with Crippen molar-refractivity contribution in [3.05, 3.63) is 24.2 Å². The smallest absolute Gasteiger partial charge is 0.230 e. The molecule has 3 fully saturated rings. The summed E-state index contributed by atoms with van der Waals surface area (Å²) in [6, 6.07) is 4.25. The maximum absolute atomic E-state index is 12.6. The normalized spacial score (nSPS) is 19.5. The molecule has 2 aromatic heterocycles. The number of amides is 1. The number of thioether (sulfide) groups is 1. The summed E-state index contributed by atoms with van der Waals surface area (Å²) in [5.74, 6) is 3.67. The highest BCUT2D eigenvalue weighted by atomic mass is 32.2. The minimum Gasteiger partial charge on any atom is -0.467 e. The molecule has 0 aromatic carbocycles. The van der Waals surface area contributed by atoms with E-state index in [4.69, 9.17) is 4.42 Å². The second-order valence-electron chi connectivity index (χ2n) is 8.20. The fourth-order valence-corrected chi connectivity index (χ4v) is 4.87. The Morgan fingerprint density at radius 1 is 1.21 bits per heavy atom. The van der Waals surface area contributed by atoms with Gasteiger partial charge in [0.25, 0.3) is 0 Å². The SMILES string of the molecule is O=C(CSc1nnc(N2CCCC2)n1Cc1ccco1)NC(C1CC1)C1CC1. The van der Waals surface area contributed by atoms with Crippen molar-refractivity contribution in [3.8, 4) is 0 Å². The number of carbonyl (C=O) groups is 1. The van der Waals surface area contributed by atoms with Crippen LogP contribution in [0.3, 0.4) is 0 Å². The molecule has 5 rings (SSSR count). The lowest BCUT2D eigenvalue weighted by Gasteiger charge is -2.18. The van der Waals surface area contributed by atoms with Gasteiger partial charge >= 0.3 is 0 Å². The molecule has 0 bridgehead atoms. The number of anilines is 1. The zero-order chi connectivity index (χ0) is 18.9. The average molecular weight is 402 g/mol. The maximum Gasteiger partial charge on any atom is 0.230 e. The summed E-state index contributed by atoms with van der Waals surface area (Å²) >= 11 is 1.47. The Balaban J connectivity index is 1.26. The van der Waals surface area contributed by atoms with Crippen LogP contribution in [-0.4, -0.2) is 45.6 Å². The zero-order valence-corrected chi connectivity index (χ0v) is 16.9. The van der Waals surface area contributed by atoms with Crippen molar-refractivity contribution in [2.75, 3.05) is 23.7 Å². The average Bonchev–Trinajstić information content (AvgIpc) is 3.56. The van der Waals surface area contributed by atoms with Gasteiger partial charge in [0.2, 0.25) is 11.9 Å². The summed E-state index contributed by atoms with van der Waals surface area (Å²) in [5.41, 5.74) is 0. The molecule has 28 heavy (non-hydrogen) atoms. The Hall–Kier alpha value is -1.96. The molecule has 0 atom stereocenters. The van der Waals surface area contributed by atoms with Gasteiger partial charge in [0.15, 0.2) is 5.16 Å². The molecule has 150 valence electrons. The van der Waals surface area contributed by atoms with Crippen molar-refractivity contribution in [1.29, 1.82) is 0 Å². The van der Waals surface area contributed by atoms with Gasteiger partial charge in [0.05, 0.1) is 18.6 Å². The lowest BCUT2D eigenvalue weighted by Crippen LogP contribution is -2.39. The molecule has 8 heteroatoms. The predicted molar refractivity (Wildman–Crippen MR) is 107 cm³/mol. The van der Waals surface area contributed by atoms with Crippen LogP contribution in [0.4, 0.5) is 5.95 Å². The second-order valence-corrected chi connectivity index (χ2v) is 9.14. The number of hydrogen-bond acceptors (Lipinski definition) is 6. The molecule has 1 aliphatic heterocycles. The van der Waals surface area contributed by atoms with E-state index in [2.05, 4.69) is 25.0 Å². The van der Waals surface area contributed by atoms with Gasteiger partial charge in [-0.3, -0.25) is 9.36 Å². The molecule has 7 nitrogen and oxygen atoms in total. The lowest BCUT2D eigenvalue weighted by molar-refractivity contribution is -0.119. The Kier molecular flexibility index (Phi) is 5.05. The maximum atomic E-state index is 12.6. The first-order valence-corrected chi connectivity index (χ1v) is 11.4. The third kappa shape index (κ3) is 4.06. The van der Waals surface area contributed by atoms with Gasteiger partial charge in [-0.2, -0.15) is 0 Å². The van der Waals surface area contributed by atoms with Crippen LogP contribution in [0.5, 0.6) is 0 Å². The Morgan fingerprint density at radius 3 is 2.61 bits per heavy atom. The van der Waals surface area contributed by atoms with Crippen LogP contribution in [0, 0.1) is 11.8 Å². The van der Waals surface area contributed by atoms with Crippen molar-refractivity contribution < 1.29 is 9.21 Å². The summed E-state index contributed by atoms with van der Waals surface area (Å²) in [6.07, 6.45) is 9.13. The number of nitrogens with one attached hydrogen (secondary N) is 1. The third-order valence-electron chi connectivity index (χ3n) is 5.90. The van der Waals surface area contributed by atoms with Gasteiger partial charge in [-0.25, -0.2) is 0 Å².